The van der Waals surface area contributed by atoms with Crippen molar-refractivity contribution in [1.29, 1.82) is 0 Å². The van der Waals surface area contributed by atoms with E-state index in [1.54, 1.807) is 42.5 Å². The Morgan fingerprint density at radius 2 is 1.96 bits per heavy atom. The number of carbonyl (C=O) groups is 3. The number of benzene rings is 2. The summed E-state index contributed by atoms with van der Waals surface area (Å²) in [6.07, 6.45) is 1.54. The summed E-state index contributed by atoms with van der Waals surface area (Å²) < 4.78 is 6.49. The molecule has 9 heteroatoms. The lowest BCUT2D eigenvalue weighted by molar-refractivity contribution is -0.122. The van der Waals surface area contributed by atoms with Crippen LogP contribution in [0.25, 0.3) is 6.08 Å². The average molecular weight is 574 g/mol. The summed E-state index contributed by atoms with van der Waals surface area (Å²) in [7, 11) is 1.43. The Labute approximate surface area is 187 Å². The van der Waals surface area contributed by atoms with E-state index in [-0.39, 0.29) is 28.7 Å². The minimum Gasteiger partial charge on any atom is -0.504 e. The Morgan fingerprint density at radius 1 is 1.29 bits per heavy atom. The van der Waals surface area contributed by atoms with Crippen molar-refractivity contribution in [2.75, 3.05) is 13.7 Å². The van der Waals surface area contributed by atoms with Gasteiger partial charge in [-0.2, -0.15) is 0 Å². The van der Waals surface area contributed by atoms with E-state index in [0.29, 0.717) is 14.7 Å². The van der Waals surface area contributed by atoms with Gasteiger partial charge >= 0.3 is 0 Å². The molecule has 144 valence electrons. The molecule has 2 aromatic rings. The predicted octanol–water partition coefficient (Wildman–Crippen LogP) is 4.69. The molecule has 0 bridgehead atoms. The van der Waals surface area contributed by atoms with E-state index in [2.05, 4.69) is 15.9 Å². The summed E-state index contributed by atoms with van der Waals surface area (Å²) >= 11 is 6.02. The number of phenolic OH excluding ortho intramolecular Hbond substituents is 1. The zero-order valence-corrected chi connectivity index (χ0v) is 19.0. The highest BCUT2D eigenvalue weighted by molar-refractivity contribution is 14.1. The molecule has 1 aliphatic heterocycles. The molecule has 28 heavy (non-hydrogen) atoms. The van der Waals surface area contributed by atoms with Gasteiger partial charge in [-0.05, 0) is 70.3 Å². The van der Waals surface area contributed by atoms with Gasteiger partial charge in [0.2, 0.25) is 0 Å². The lowest BCUT2D eigenvalue weighted by Crippen LogP contribution is -2.33. The number of halogens is 2. The molecule has 3 rings (SSSR count). The molecule has 1 heterocycles. The van der Waals surface area contributed by atoms with E-state index < -0.39 is 11.1 Å². The first-order valence-corrected chi connectivity index (χ1v) is 10.6. The Hall–Kier alpha value is -1.85. The van der Waals surface area contributed by atoms with Crippen molar-refractivity contribution >= 4 is 73.3 Å². The molecule has 1 aliphatic rings. The summed E-state index contributed by atoms with van der Waals surface area (Å²) in [6.45, 7) is -0.319. The minimum atomic E-state index is -0.525. The molecule has 0 atom stereocenters. The molecule has 0 radical (unpaired) electrons. The van der Waals surface area contributed by atoms with E-state index >= 15 is 0 Å². The van der Waals surface area contributed by atoms with Gasteiger partial charge in [0.1, 0.15) is 0 Å². The summed E-state index contributed by atoms with van der Waals surface area (Å²) in [4.78, 5) is 38.4. The molecule has 1 N–H and O–H groups in total. The number of imide groups is 1. The van der Waals surface area contributed by atoms with E-state index in [1.165, 1.54) is 7.11 Å². The molecule has 0 saturated carbocycles. The lowest BCUT2D eigenvalue weighted by atomic mass is 10.1. The van der Waals surface area contributed by atoms with Crippen molar-refractivity contribution < 1.29 is 24.2 Å². The van der Waals surface area contributed by atoms with E-state index in [4.69, 9.17) is 4.74 Å². The number of ether oxygens (including phenoxy) is 1. The summed E-state index contributed by atoms with van der Waals surface area (Å²) in [6, 6.07) is 9.94. The van der Waals surface area contributed by atoms with Gasteiger partial charge in [0.05, 0.1) is 22.1 Å². The molecule has 1 saturated heterocycles. The summed E-state index contributed by atoms with van der Waals surface area (Å²) in [5.74, 6) is -0.573. The van der Waals surface area contributed by atoms with Crippen LogP contribution in [-0.4, -0.2) is 40.6 Å². The van der Waals surface area contributed by atoms with Gasteiger partial charge in [-0.25, -0.2) is 0 Å². The number of methoxy groups -OCH3 is 1. The van der Waals surface area contributed by atoms with Crippen molar-refractivity contribution in [3.05, 3.63) is 60.5 Å². The number of thioether (sulfide) groups is 1. The zero-order chi connectivity index (χ0) is 20.4. The Kier molecular flexibility index (Phi) is 6.46. The molecule has 6 nitrogen and oxygen atoms in total. The maximum atomic E-state index is 12.6. The fourth-order valence-electron chi connectivity index (χ4n) is 2.49. The third-order valence-electron chi connectivity index (χ3n) is 3.91. The number of amides is 2. The molecule has 2 aromatic carbocycles. The molecule has 0 spiro atoms. The van der Waals surface area contributed by atoms with Crippen molar-refractivity contribution in [3.8, 4) is 11.5 Å². The number of rotatable bonds is 5. The van der Waals surface area contributed by atoms with Crippen LogP contribution in [0.2, 0.25) is 0 Å². The average Bonchev–Trinajstić information content (AvgIpc) is 2.92. The van der Waals surface area contributed by atoms with Crippen LogP contribution in [0.15, 0.2) is 45.8 Å². The van der Waals surface area contributed by atoms with Crippen LogP contribution in [0.4, 0.5) is 4.79 Å². The number of nitrogens with zero attached hydrogens (tertiary/aromatic N) is 1. The topological polar surface area (TPSA) is 83.9 Å². The number of hydrogen-bond acceptors (Lipinski definition) is 6. The maximum absolute atomic E-state index is 12.6. The quantitative estimate of drug-likeness (QED) is 0.317. The number of Topliss-reactive ketones (excluding diaryl/α,β-unsaturated/α-hetero) is 1. The second kappa shape index (κ2) is 8.66. The van der Waals surface area contributed by atoms with Crippen LogP contribution in [-0.2, 0) is 4.79 Å². The number of carbonyl (C=O) groups excluding carboxylic acids is 3. The summed E-state index contributed by atoms with van der Waals surface area (Å²) in [5.41, 5.74) is 1.02. The van der Waals surface area contributed by atoms with Crippen LogP contribution in [0.3, 0.4) is 0 Å². The molecule has 0 aromatic heterocycles. The maximum Gasteiger partial charge on any atom is 0.293 e. The lowest BCUT2D eigenvalue weighted by Gasteiger charge is -2.11. The normalized spacial score (nSPS) is 15.4. The Bertz CT molecular complexity index is 1010. The number of hydrogen-bond donors (Lipinski definition) is 1. The van der Waals surface area contributed by atoms with E-state index in [0.717, 1.165) is 21.1 Å². The highest BCUT2D eigenvalue weighted by Crippen LogP contribution is 2.36. The Morgan fingerprint density at radius 3 is 2.61 bits per heavy atom. The fraction of sp³-hybridized carbons (Fsp3) is 0.105. The number of aromatic hydroxyl groups is 1. The minimum absolute atomic E-state index is 0.00782. The largest absolute Gasteiger partial charge is 0.504 e. The first kappa shape index (κ1) is 20.9. The van der Waals surface area contributed by atoms with Crippen LogP contribution in [0, 0.1) is 3.57 Å². The molecular weight excluding hydrogens is 561 g/mol. The molecule has 0 unspecified atom stereocenters. The number of phenols is 1. The third kappa shape index (κ3) is 4.41. The van der Waals surface area contributed by atoms with Crippen molar-refractivity contribution in [2.45, 2.75) is 0 Å². The van der Waals surface area contributed by atoms with Gasteiger partial charge in [-0.3, -0.25) is 19.3 Å². The third-order valence-corrected chi connectivity index (χ3v) is 6.17. The van der Waals surface area contributed by atoms with Gasteiger partial charge in [0.25, 0.3) is 11.1 Å². The predicted molar refractivity (Wildman–Crippen MR) is 119 cm³/mol. The fourth-order valence-corrected chi connectivity index (χ4v) is 4.22. The SMILES string of the molecule is COc1cc(/C=C2/SC(=O)N(CC(=O)c3ccc(Br)cc3)C2=O)cc(I)c1O. The van der Waals surface area contributed by atoms with Crippen LogP contribution in [0.1, 0.15) is 15.9 Å². The van der Waals surface area contributed by atoms with Gasteiger partial charge in [-0.1, -0.05) is 28.1 Å². The van der Waals surface area contributed by atoms with Gasteiger partial charge in [0, 0.05) is 10.0 Å². The van der Waals surface area contributed by atoms with Gasteiger partial charge in [0.15, 0.2) is 17.3 Å². The van der Waals surface area contributed by atoms with Crippen LogP contribution >= 0.6 is 50.3 Å². The van der Waals surface area contributed by atoms with Gasteiger partial charge in [-0.15, -0.1) is 0 Å². The molecule has 0 aliphatic carbocycles. The molecule has 2 amide bonds. The highest BCUT2D eigenvalue weighted by Gasteiger charge is 2.36. The van der Waals surface area contributed by atoms with Gasteiger partial charge < -0.3 is 9.84 Å². The molecule has 1 fully saturated rings. The van der Waals surface area contributed by atoms with E-state index in [9.17, 15) is 19.5 Å². The highest BCUT2D eigenvalue weighted by atomic mass is 127. The second-order valence-electron chi connectivity index (χ2n) is 5.75. The second-order valence-corrected chi connectivity index (χ2v) is 8.82. The zero-order valence-electron chi connectivity index (χ0n) is 14.4. The monoisotopic (exact) mass is 573 g/mol. The smallest absolute Gasteiger partial charge is 0.293 e. The summed E-state index contributed by atoms with van der Waals surface area (Å²) in [5, 5.41) is 9.42. The standard InChI is InChI=1S/C19H13BrINO5S/c1-27-15-7-10(6-13(21)17(15)24)8-16-18(25)22(19(26)28-16)9-14(23)11-2-4-12(20)5-3-11/h2-8,24H,9H2,1H3/b16-8+. The van der Waals surface area contributed by atoms with Crippen molar-refractivity contribution in [1.82, 2.24) is 4.90 Å². The molecular formula is C19H13BrINO5S. The Balaban J connectivity index is 1.81. The first-order valence-electron chi connectivity index (χ1n) is 7.90. The van der Waals surface area contributed by atoms with E-state index in [1.807, 2.05) is 22.6 Å². The van der Waals surface area contributed by atoms with Crippen LogP contribution < -0.4 is 4.74 Å². The van der Waals surface area contributed by atoms with Crippen molar-refractivity contribution in [2.24, 2.45) is 0 Å². The first-order chi connectivity index (χ1) is 13.3. The van der Waals surface area contributed by atoms with Crippen LogP contribution in [0.5, 0.6) is 11.5 Å². The number of ketones is 1. The van der Waals surface area contributed by atoms with Crippen molar-refractivity contribution in [3.63, 3.8) is 0 Å².